The first-order valence-electron chi connectivity index (χ1n) is 7.21. The van der Waals surface area contributed by atoms with Crippen LogP contribution in [0.25, 0.3) is 0 Å². The molecule has 1 aromatic rings. The van der Waals surface area contributed by atoms with Crippen LogP contribution in [0.1, 0.15) is 44.3 Å². The van der Waals surface area contributed by atoms with Gasteiger partial charge in [-0.1, -0.05) is 0 Å². The van der Waals surface area contributed by atoms with E-state index >= 15 is 0 Å². The van der Waals surface area contributed by atoms with Crippen molar-refractivity contribution < 1.29 is 0 Å². The van der Waals surface area contributed by atoms with Crippen molar-refractivity contribution in [2.24, 2.45) is 5.92 Å². The topological polar surface area (TPSA) is 28.2 Å². The number of aryl methyl sites for hydroxylation is 1. The zero-order chi connectivity index (χ0) is 14.0. The number of thiazole rings is 1. The first-order valence-corrected chi connectivity index (χ1v) is 8.09. The lowest BCUT2D eigenvalue weighted by atomic mass is 9.78. The minimum absolute atomic E-state index is 0.227. The number of aromatic nitrogens is 1. The van der Waals surface area contributed by atoms with E-state index in [9.17, 15) is 0 Å². The summed E-state index contributed by atoms with van der Waals surface area (Å²) in [6, 6.07) is 0.719. The molecule has 1 heterocycles. The van der Waals surface area contributed by atoms with E-state index in [0.717, 1.165) is 25.0 Å². The minimum Gasteiger partial charge on any atom is -0.312 e. The van der Waals surface area contributed by atoms with Crippen LogP contribution in [-0.4, -0.2) is 35.1 Å². The van der Waals surface area contributed by atoms with E-state index in [1.807, 2.05) is 0 Å². The Morgan fingerprint density at radius 3 is 2.63 bits per heavy atom. The molecule has 0 aliphatic heterocycles. The normalized spacial score (nSPS) is 23.7. The van der Waals surface area contributed by atoms with Crippen LogP contribution >= 0.6 is 11.3 Å². The Balaban J connectivity index is 1.81. The summed E-state index contributed by atoms with van der Waals surface area (Å²) in [7, 11) is 2.24. The van der Waals surface area contributed by atoms with Gasteiger partial charge in [-0.2, -0.15) is 0 Å². The molecule has 1 fully saturated rings. The van der Waals surface area contributed by atoms with Crippen LogP contribution in [0.2, 0.25) is 0 Å². The summed E-state index contributed by atoms with van der Waals surface area (Å²) in [5, 5.41) is 6.99. The summed E-state index contributed by atoms with van der Waals surface area (Å²) in [4.78, 5) is 7.04. The fraction of sp³-hybridized carbons (Fsp3) is 0.800. The van der Waals surface area contributed by atoms with Crippen molar-refractivity contribution >= 4 is 11.3 Å². The molecule has 1 aromatic heterocycles. The lowest BCUT2D eigenvalue weighted by Gasteiger charge is -2.43. The zero-order valence-corrected chi connectivity index (χ0v) is 13.7. The molecule has 2 rings (SSSR count). The lowest BCUT2D eigenvalue weighted by Crippen LogP contribution is -2.51. The molecular weight excluding hydrogens is 254 g/mol. The fourth-order valence-electron chi connectivity index (χ4n) is 2.66. The Kier molecular flexibility index (Phi) is 4.64. The van der Waals surface area contributed by atoms with Crippen molar-refractivity contribution in [3.05, 3.63) is 16.1 Å². The summed E-state index contributed by atoms with van der Waals surface area (Å²) in [6.45, 7) is 10.9. The molecule has 1 aliphatic rings. The van der Waals surface area contributed by atoms with Crippen LogP contribution in [0.3, 0.4) is 0 Å². The number of hydrogen-bond donors (Lipinski definition) is 1. The summed E-state index contributed by atoms with van der Waals surface area (Å²) in [6.07, 6.45) is 2.68. The molecule has 0 amide bonds. The average Bonchev–Trinajstić information content (AvgIpc) is 2.60. The maximum absolute atomic E-state index is 4.56. The van der Waals surface area contributed by atoms with E-state index in [0.29, 0.717) is 0 Å². The van der Waals surface area contributed by atoms with Crippen LogP contribution < -0.4 is 5.32 Å². The van der Waals surface area contributed by atoms with Crippen LogP contribution in [0.15, 0.2) is 5.38 Å². The third-order valence-corrected chi connectivity index (χ3v) is 4.74. The second-order valence-corrected chi connectivity index (χ2v) is 7.87. The molecule has 1 aliphatic carbocycles. The maximum atomic E-state index is 4.56. The molecule has 0 spiro atoms. The smallest absolute Gasteiger partial charge is 0.0897 e. The van der Waals surface area contributed by atoms with E-state index in [1.54, 1.807) is 11.3 Å². The predicted octanol–water partition coefficient (Wildman–Crippen LogP) is 3.05. The standard InChI is InChI=1S/C15H27N3S/c1-11-17-13(10-19-11)9-18(5)14-7-6-12(14)8-16-15(2,3)4/h10,12,14,16H,6-9H2,1-5H3. The third-order valence-electron chi connectivity index (χ3n) is 3.92. The van der Waals surface area contributed by atoms with Gasteiger partial charge in [-0.3, -0.25) is 4.90 Å². The van der Waals surface area contributed by atoms with Crippen molar-refractivity contribution in [3.63, 3.8) is 0 Å². The highest BCUT2D eigenvalue weighted by Crippen LogP contribution is 2.32. The van der Waals surface area contributed by atoms with Crippen LogP contribution in [0.5, 0.6) is 0 Å². The van der Waals surface area contributed by atoms with Crippen LogP contribution in [0.4, 0.5) is 0 Å². The highest BCUT2D eigenvalue weighted by atomic mass is 32.1. The van der Waals surface area contributed by atoms with Crippen LogP contribution in [0, 0.1) is 12.8 Å². The second kappa shape index (κ2) is 5.90. The molecule has 2 unspecified atom stereocenters. The van der Waals surface area contributed by atoms with Gasteiger partial charge in [0.1, 0.15) is 0 Å². The van der Waals surface area contributed by atoms with Gasteiger partial charge in [0, 0.05) is 23.5 Å². The molecular formula is C15H27N3S. The third kappa shape index (κ3) is 4.26. The van der Waals surface area contributed by atoms with Crippen molar-refractivity contribution in [2.75, 3.05) is 13.6 Å². The molecule has 108 valence electrons. The number of hydrogen-bond acceptors (Lipinski definition) is 4. The predicted molar refractivity (Wildman–Crippen MR) is 82.6 cm³/mol. The quantitative estimate of drug-likeness (QED) is 0.899. The highest BCUT2D eigenvalue weighted by molar-refractivity contribution is 7.09. The van der Waals surface area contributed by atoms with Crippen molar-refractivity contribution in [1.82, 2.24) is 15.2 Å². The monoisotopic (exact) mass is 281 g/mol. The molecule has 4 heteroatoms. The van der Waals surface area contributed by atoms with E-state index in [1.165, 1.54) is 23.5 Å². The van der Waals surface area contributed by atoms with Gasteiger partial charge in [-0.05, 0) is 60.0 Å². The van der Waals surface area contributed by atoms with Gasteiger partial charge in [0.15, 0.2) is 0 Å². The van der Waals surface area contributed by atoms with Crippen molar-refractivity contribution in [2.45, 2.75) is 58.7 Å². The molecule has 0 bridgehead atoms. The van der Waals surface area contributed by atoms with E-state index in [-0.39, 0.29) is 5.54 Å². The fourth-order valence-corrected chi connectivity index (χ4v) is 3.26. The van der Waals surface area contributed by atoms with Crippen molar-refractivity contribution in [3.8, 4) is 0 Å². The first-order chi connectivity index (χ1) is 8.85. The molecule has 1 saturated carbocycles. The van der Waals surface area contributed by atoms with Gasteiger partial charge in [-0.25, -0.2) is 4.98 Å². The number of nitrogens with zero attached hydrogens (tertiary/aromatic N) is 2. The SMILES string of the molecule is Cc1nc(CN(C)C2CCC2CNC(C)(C)C)cs1. The lowest BCUT2D eigenvalue weighted by molar-refractivity contribution is 0.0730. The molecule has 0 saturated heterocycles. The van der Waals surface area contributed by atoms with Gasteiger partial charge in [0.05, 0.1) is 10.7 Å². The van der Waals surface area contributed by atoms with Gasteiger partial charge in [0.2, 0.25) is 0 Å². The van der Waals surface area contributed by atoms with Crippen molar-refractivity contribution in [1.29, 1.82) is 0 Å². The van der Waals surface area contributed by atoms with Crippen LogP contribution in [-0.2, 0) is 6.54 Å². The summed E-state index contributed by atoms with van der Waals surface area (Å²) >= 11 is 1.75. The Bertz CT molecular complexity index is 408. The van der Waals surface area contributed by atoms with Gasteiger partial charge in [0.25, 0.3) is 0 Å². The Morgan fingerprint density at radius 1 is 1.42 bits per heavy atom. The van der Waals surface area contributed by atoms with Gasteiger partial charge in [-0.15, -0.1) is 11.3 Å². The molecule has 0 radical (unpaired) electrons. The second-order valence-electron chi connectivity index (χ2n) is 6.81. The maximum Gasteiger partial charge on any atom is 0.0897 e. The molecule has 3 nitrogen and oxygen atoms in total. The van der Waals surface area contributed by atoms with Gasteiger partial charge >= 0.3 is 0 Å². The average molecular weight is 281 g/mol. The Morgan fingerprint density at radius 2 is 2.16 bits per heavy atom. The largest absolute Gasteiger partial charge is 0.312 e. The van der Waals surface area contributed by atoms with E-state index in [4.69, 9.17) is 0 Å². The minimum atomic E-state index is 0.227. The first kappa shape index (κ1) is 14.9. The molecule has 1 N–H and O–H groups in total. The number of nitrogens with one attached hydrogen (secondary N) is 1. The molecule has 0 aromatic carbocycles. The Labute approximate surface area is 121 Å². The zero-order valence-electron chi connectivity index (χ0n) is 12.9. The summed E-state index contributed by atoms with van der Waals surface area (Å²) < 4.78 is 0. The summed E-state index contributed by atoms with van der Waals surface area (Å²) in [5.41, 5.74) is 1.45. The van der Waals surface area contributed by atoms with Gasteiger partial charge < -0.3 is 5.32 Å². The summed E-state index contributed by atoms with van der Waals surface area (Å²) in [5.74, 6) is 0.795. The van der Waals surface area contributed by atoms with E-state index < -0.39 is 0 Å². The Hall–Kier alpha value is -0.450. The van der Waals surface area contributed by atoms with E-state index in [2.05, 4.69) is 55.3 Å². The number of rotatable bonds is 5. The molecule has 19 heavy (non-hydrogen) atoms. The molecule has 2 atom stereocenters. The highest BCUT2D eigenvalue weighted by Gasteiger charge is 2.34.